The molecule has 1 aromatic carbocycles. The van der Waals surface area contributed by atoms with Gasteiger partial charge in [0.2, 0.25) is 5.91 Å². The van der Waals surface area contributed by atoms with Crippen molar-refractivity contribution in [3.05, 3.63) is 29.8 Å². The molecule has 2 heterocycles. The Bertz CT molecular complexity index is 597. The summed E-state index contributed by atoms with van der Waals surface area (Å²) in [5.74, 6) is 1.01. The third-order valence-electron chi connectivity index (χ3n) is 4.84. The standard InChI is InChI=1S/C18H25N3O3.ClH/c1-24-16-6-2-4-14(12-16)17(22)20-8-10-21(11-9-20)18(23)15-5-3-7-19-13-15;/h2,4,6,12,15,19H,3,5,7-11,13H2,1H3;1H. The van der Waals surface area contributed by atoms with E-state index < -0.39 is 0 Å². The van der Waals surface area contributed by atoms with Crippen molar-refractivity contribution in [1.82, 2.24) is 15.1 Å². The van der Waals surface area contributed by atoms with Gasteiger partial charge in [0, 0.05) is 38.3 Å². The van der Waals surface area contributed by atoms with Gasteiger partial charge in [-0.3, -0.25) is 9.59 Å². The molecule has 0 radical (unpaired) electrons. The fraction of sp³-hybridized carbons (Fsp3) is 0.556. The number of hydrogen-bond acceptors (Lipinski definition) is 4. The maximum Gasteiger partial charge on any atom is 0.254 e. The van der Waals surface area contributed by atoms with Gasteiger partial charge in [-0.2, -0.15) is 0 Å². The predicted molar refractivity (Wildman–Crippen MR) is 98.3 cm³/mol. The summed E-state index contributed by atoms with van der Waals surface area (Å²) in [4.78, 5) is 28.9. The number of rotatable bonds is 3. The Balaban J connectivity index is 0.00000225. The number of benzene rings is 1. The van der Waals surface area contributed by atoms with Gasteiger partial charge in [-0.15, -0.1) is 12.4 Å². The Kier molecular flexibility index (Phi) is 7.08. The topological polar surface area (TPSA) is 61.9 Å². The number of nitrogens with one attached hydrogen (secondary N) is 1. The normalized spacial score (nSPS) is 20.6. The van der Waals surface area contributed by atoms with E-state index in [1.165, 1.54) is 0 Å². The molecule has 6 nitrogen and oxygen atoms in total. The molecule has 0 spiro atoms. The third kappa shape index (κ3) is 4.64. The molecular weight excluding hydrogens is 342 g/mol. The quantitative estimate of drug-likeness (QED) is 0.877. The second-order valence-corrected chi connectivity index (χ2v) is 6.39. The van der Waals surface area contributed by atoms with Crippen LogP contribution >= 0.6 is 12.4 Å². The highest BCUT2D eigenvalue weighted by atomic mass is 35.5. The summed E-state index contributed by atoms with van der Waals surface area (Å²) in [5, 5.41) is 3.29. The van der Waals surface area contributed by atoms with Crippen molar-refractivity contribution in [1.29, 1.82) is 0 Å². The molecule has 0 aliphatic carbocycles. The molecule has 2 fully saturated rings. The maximum atomic E-state index is 12.6. The number of halogens is 1. The summed E-state index contributed by atoms with van der Waals surface area (Å²) >= 11 is 0. The minimum absolute atomic E-state index is 0. The lowest BCUT2D eigenvalue weighted by Gasteiger charge is -2.37. The van der Waals surface area contributed by atoms with Crippen molar-refractivity contribution in [3.63, 3.8) is 0 Å². The number of piperidine rings is 1. The molecule has 7 heteroatoms. The Morgan fingerprint density at radius 1 is 1.16 bits per heavy atom. The van der Waals surface area contributed by atoms with E-state index >= 15 is 0 Å². The lowest BCUT2D eigenvalue weighted by Crippen LogP contribution is -2.53. The number of carbonyl (C=O) groups is 2. The zero-order chi connectivity index (χ0) is 16.9. The van der Waals surface area contributed by atoms with Crippen LogP contribution in [0.25, 0.3) is 0 Å². The molecule has 138 valence electrons. The molecule has 1 atom stereocenters. The smallest absolute Gasteiger partial charge is 0.254 e. The van der Waals surface area contributed by atoms with E-state index in [0.717, 1.165) is 25.9 Å². The van der Waals surface area contributed by atoms with Crippen molar-refractivity contribution >= 4 is 24.2 Å². The van der Waals surface area contributed by atoms with Crippen molar-refractivity contribution in [3.8, 4) is 5.75 Å². The zero-order valence-corrected chi connectivity index (χ0v) is 15.4. The van der Waals surface area contributed by atoms with Gasteiger partial charge in [0.1, 0.15) is 5.75 Å². The fourth-order valence-corrected chi connectivity index (χ4v) is 3.39. The fourth-order valence-electron chi connectivity index (χ4n) is 3.39. The number of nitrogens with zero attached hydrogens (tertiary/aromatic N) is 2. The van der Waals surface area contributed by atoms with Gasteiger partial charge < -0.3 is 19.9 Å². The van der Waals surface area contributed by atoms with E-state index in [1.807, 2.05) is 21.9 Å². The molecule has 2 saturated heterocycles. The van der Waals surface area contributed by atoms with Crippen molar-refractivity contribution in [2.45, 2.75) is 12.8 Å². The number of hydrogen-bond donors (Lipinski definition) is 1. The van der Waals surface area contributed by atoms with Crippen LogP contribution in [-0.4, -0.2) is 68.0 Å². The SMILES string of the molecule is COc1cccc(C(=O)N2CCN(C(=O)C3CCCNC3)CC2)c1.Cl. The molecule has 1 aromatic rings. The number of methoxy groups -OCH3 is 1. The Labute approximate surface area is 154 Å². The minimum atomic E-state index is 0. The number of piperazine rings is 1. The summed E-state index contributed by atoms with van der Waals surface area (Å²) in [7, 11) is 1.59. The first-order valence-corrected chi connectivity index (χ1v) is 8.62. The molecule has 3 rings (SSSR count). The molecule has 1 unspecified atom stereocenters. The van der Waals surface area contributed by atoms with Crippen LogP contribution in [0.1, 0.15) is 23.2 Å². The third-order valence-corrected chi connectivity index (χ3v) is 4.84. The van der Waals surface area contributed by atoms with E-state index in [4.69, 9.17) is 4.74 Å². The Morgan fingerprint density at radius 3 is 2.52 bits per heavy atom. The largest absolute Gasteiger partial charge is 0.497 e. The first-order valence-electron chi connectivity index (χ1n) is 8.62. The lowest BCUT2D eigenvalue weighted by molar-refractivity contribution is -0.137. The summed E-state index contributed by atoms with van der Waals surface area (Å²) in [5.41, 5.74) is 0.630. The van der Waals surface area contributed by atoms with Crippen LogP contribution in [0.4, 0.5) is 0 Å². The molecule has 1 N–H and O–H groups in total. The first kappa shape index (κ1) is 19.5. The van der Waals surface area contributed by atoms with Crippen LogP contribution in [0.2, 0.25) is 0 Å². The van der Waals surface area contributed by atoms with Crippen molar-refractivity contribution in [2.24, 2.45) is 5.92 Å². The molecule has 25 heavy (non-hydrogen) atoms. The van der Waals surface area contributed by atoms with Crippen molar-refractivity contribution in [2.75, 3.05) is 46.4 Å². The molecule has 0 bridgehead atoms. The summed E-state index contributed by atoms with van der Waals surface area (Å²) in [6, 6.07) is 7.21. The van der Waals surface area contributed by atoms with Gasteiger partial charge in [-0.25, -0.2) is 0 Å². The van der Waals surface area contributed by atoms with Gasteiger partial charge in [-0.05, 0) is 37.6 Å². The van der Waals surface area contributed by atoms with E-state index in [1.54, 1.807) is 19.2 Å². The van der Waals surface area contributed by atoms with E-state index in [-0.39, 0.29) is 30.1 Å². The Morgan fingerprint density at radius 2 is 1.88 bits per heavy atom. The molecule has 0 saturated carbocycles. The van der Waals surface area contributed by atoms with E-state index in [0.29, 0.717) is 37.5 Å². The van der Waals surface area contributed by atoms with Gasteiger partial charge in [-0.1, -0.05) is 6.07 Å². The molecular formula is C18H26ClN3O3. The second kappa shape index (κ2) is 9.06. The number of amides is 2. The lowest BCUT2D eigenvalue weighted by atomic mass is 9.98. The highest BCUT2D eigenvalue weighted by Crippen LogP contribution is 2.18. The van der Waals surface area contributed by atoms with Crippen LogP contribution in [0.15, 0.2) is 24.3 Å². The van der Waals surface area contributed by atoms with Gasteiger partial charge in [0.05, 0.1) is 13.0 Å². The van der Waals surface area contributed by atoms with Gasteiger partial charge in [0.25, 0.3) is 5.91 Å². The molecule has 2 aliphatic heterocycles. The highest BCUT2D eigenvalue weighted by Gasteiger charge is 2.29. The van der Waals surface area contributed by atoms with Crippen molar-refractivity contribution < 1.29 is 14.3 Å². The van der Waals surface area contributed by atoms with Gasteiger partial charge >= 0.3 is 0 Å². The summed E-state index contributed by atoms with van der Waals surface area (Å²) in [6.07, 6.45) is 2.03. The van der Waals surface area contributed by atoms with Crippen LogP contribution in [0.5, 0.6) is 5.75 Å². The maximum absolute atomic E-state index is 12.6. The van der Waals surface area contributed by atoms with Crippen LogP contribution in [-0.2, 0) is 4.79 Å². The average molecular weight is 368 g/mol. The van der Waals surface area contributed by atoms with E-state index in [2.05, 4.69) is 5.32 Å². The second-order valence-electron chi connectivity index (χ2n) is 6.39. The first-order chi connectivity index (χ1) is 11.7. The monoisotopic (exact) mass is 367 g/mol. The number of carbonyl (C=O) groups excluding carboxylic acids is 2. The van der Waals surface area contributed by atoms with Crippen LogP contribution < -0.4 is 10.1 Å². The summed E-state index contributed by atoms with van der Waals surface area (Å²) in [6.45, 7) is 4.19. The zero-order valence-electron chi connectivity index (χ0n) is 14.6. The predicted octanol–water partition coefficient (Wildman–Crippen LogP) is 1.40. The summed E-state index contributed by atoms with van der Waals surface area (Å²) < 4.78 is 5.18. The van der Waals surface area contributed by atoms with E-state index in [9.17, 15) is 9.59 Å². The highest BCUT2D eigenvalue weighted by molar-refractivity contribution is 5.94. The minimum Gasteiger partial charge on any atom is -0.497 e. The molecule has 2 aliphatic rings. The van der Waals surface area contributed by atoms with Gasteiger partial charge in [0.15, 0.2) is 0 Å². The molecule has 0 aromatic heterocycles. The van der Waals surface area contributed by atoms with Crippen LogP contribution in [0.3, 0.4) is 0 Å². The molecule has 2 amide bonds. The Hall–Kier alpha value is -1.79. The van der Waals surface area contributed by atoms with Crippen LogP contribution in [0, 0.1) is 5.92 Å². The number of ether oxygens (including phenoxy) is 1. The average Bonchev–Trinajstić information content (AvgIpc) is 2.67.